The van der Waals surface area contributed by atoms with Crippen LogP contribution in [-0.4, -0.2) is 0 Å². The molecule has 6 rings (SSSR count). The van der Waals surface area contributed by atoms with Gasteiger partial charge in [0, 0.05) is 33.4 Å². The first-order valence-corrected chi connectivity index (χ1v) is 13.8. The van der Waals surface area contributed by atoms with E-state index in [0.717, 1.165) is 22.3 Å². The van der Waals surface area contributed by atoms with Gasteiger partial charge in [0.15, 0.2) is 0 Å². The molecule has 4 aromatic rings. The molecule has 4 aromatic carbocycles. The second kappa shape index (κ2) is 10.3. The molecule has 0 atom stereocenters. The average Bonchev–Trinajstić information content (AvgIpc) is 3.53. The molecule has 0 unspecified atom stereocenters. The maximum atomic E-state index is 15.7. The Morgan fingerprint density at radius 3 is 1.23 bits per heavy atom. The largest absolute Gasteiger partial charge is 0.206 e. The van der Waals surface area contributed by atoms with Crippen LogP contribution in [0.25, 0.3) is 44.5 Å². The molecule has 0 spiro atoms. The maximum absolute atomic E-state index is 15.7. The van der Waals surface area contributed by atoms with Crippen LogP contribution in [0.1, 0.15) is 58.4 Å². The van der Waals surface area contributed by atoms with Crippen LogP contribution in [-0.2, 0) is 0 Å². The van der Waals surface area contributed by atoms with Crippen molar-refractivity contribution in [2.75, 3.05) is 0 Å². The fourth-order valence-corrected chi connectivity index (χ4v) is 6.68. The molecule has 0 radical (unpaired) electrons. The topological polar surface area (TPSA) is 95.2 Å². The number of rotatable bonds is 2. The fourth-order valence-electron chi connectivity index (χ4n) is 6.68. The van der Waals surface area contributed by atoms with E-state index in [1.807, 2.05) is 36.4 Å². The van der Waals surface area contributed by atoms with E-state index in [1.165, 1.54) is 12.1 Å². The molecule has 0 bridgehead atoms. The second-order valence-electron chi connectivity index (χ2n) is 11.0. The lowest BCUT2D eigenvalue weighted by molar-refractivity contribution is 0.629. The zero-order valence-electron chi connectivity index (χ0n) is 24.3. The lowest BCUT2D eigenvalue weighted by atomic mass is 9.82. The maximum Gasteiger partial charge on any atom is 0.132 e. The molecule has 44 heavy (non-hydrogen) atoms. The number of nitrogens with zero attached hydrogens (tertiary/aromatic N) is 4. The van der Waals surface area contributed by atoms with Gasteiger partial charge in [-0.1, -0.05) is 36.4 Å². The Morgan fingerprint density at radius 2 is 0.909 bits per heavy atom. The van der Waals surface area contributed by atoms with Crippen molar-refractivity contribution in [1.29, 1.82) is 21.0 Å². The first-order chi connectivity index (χ1) is 21.2. The highest BCUT2D eigenvalue weighted by Crippen LogP contribution is 2.62. The molecule has 0 saturated heterocycles. The third-order valence-corrected chi connectivity index (χ3v) is 8.37. The summed E-state index contributed by atoms with van der Waals surface area (Å²) in [5, 5.41) is 39.2. The number of nitriles is 4. The molecule has 208 valence electrons. The number of halogens is 2. The highest BCUT2D eigenvalue weighted by molar-refractivity contribution is 6.39. The van der Waals surface area contributed by atoms with Crippen molar-refractivity contribution >= 4 is 22.3 Å². The quantitative estimate of drug-likeness (QED) is 0.224. The molecule has 0 fully saturated rings. The zero-order valence-corrected chi connectivity index (χ0v) is 24.3. The molecule has 6 heteroatoms. The van der Waals surface area contributed by atoms with Crippen LogP contribution >= 0.6 is 0 Å². The Balaban J connectivity index is 1.72. The van der Waals surface area contributed by atoms with Crippen molar-refractivity contribution in [2.45, 2.75) is 27.7 Å². The molecule has 0 aromatic heterocycles. The third kappa shape index (κ3) is 3.90. The first-order valence-electron chi connectivity index (χ1n) is 13.8. The predicted molar refractivity (Wildman–Crippen MR) is 166 cm³/mol. The smallest absolute Gasteiger partial charge is 0.132 e. The molecule has 0 amide bonds. The van der Waals surface area contributed by atoms with Gasteiger partial charge in [0.05, 0.1) is 35.4 Å². The van der Waals surface area contributed by atoms with Crippen LogP contribution in [0.5, 0.6) is 0 Å². The molecule has 4 nitrogen and oxygen atoms in total. The number of fused-ring (bicyclic) bond motifs is 4. The Bertz CT molecular complexity index is 2060. The van der Waals surface area contributed by atoms with Crippen LogP contribution in [0.2, 0.25) is 0 Å². The van der Waals surface area contributed by atoms with Crippen molar-refractivity contribution in [3.05, 3.63) is 128 Å². The Morgan fingerprint density at radius 1 is 0.545 bits per heavy atom. The van der Waals surface area contributed by atoms with Gasteiger partial charge in [-0.15, -0.1) is 0 Å². The van der Waals surface area contributed by atoms with Crippen LogP contribution in [0.3, 0.4) is 0 Å². The standard InChI is InChI=1S/C38H22F2N4/c1-19-11-23(17-43)13-29(39)31(19)25-7-5-9-27-35(25)33(21(3)15-41)38-28-10-6-8-26(36(28)34(37(27)38)22(4)16-42)32-20(2)12-24(18-44)14-30(32)40/h5-14H,1-4H3/b33-21-,34-22-. The normalized spacial score (nSPS) is 15.0. The molecule has 0 heterocycles. The first kappa shape index (κ1) is 28.1. The summed E-state index contributed by atoms with van der Waals surface area (Å²) in [5.41, 5.74) is 9.69. The van der Waals surface area contributed by atoms with Crippen LogP contribution in [0.15, 0.2) is 71.8 Å². The van der Waals surface area contributed by atoms with Crippen LogP contribution in [0.4, 0.5) is 8.78 Å². The van der Waals surface area contributed by atoms with E-state index in [2.05, 4.69) is 12.1 Å². The van der Waals surface area contributed by atoms with Crippen molar-refractivity contribution in [1.82, 2.24) is 0 Å². The van der Waals surface area contributed by atoms with E-state index in [4.69, 9.17) is 0 Å². The molecule has 2 aliphatic rings. The van der Waals surface area contributed by atoms with Gasteiger partial charge in [-0.3, -0.25) is 0 Å². The van der Waals surface area contributed by atoms with E-state index >= 15 is 8.78 Å². The van der Waals surface area contributed by atoms with Gasteiger partial charge in [-0.25, -0.2) is 8.78 Å². The lowest BCUT2D eigenvalue weighted by Crippen LogP contribution is -2.02. The molecule has 0 saturated carbocycles. The third-order valence-electron chi connectivity index (χ3n) is 8.37. The predicted octanol–water partition coefficient (Wildman–Crippen LogP) is 9.19. The van der Waals surface area contributed by atoms with Gasteiger partial charge >= 0.3 is 0 Å². The van der Waals surface area contributed by atoms with E-state index < -0.39 is 11.6 Å². The summed E-state index contributed by atoms with van der Waals surface area (Å²) < 4.78 is 31.3. The summed E-state index contributed by atoms with van der Waals surface area (Å²) in [5.74, 6) is -1.09. The molecule has 0 N–H and O–H groups in total. The summed E-state index contributed by atoms with van der Waals surface area (Å²) in [6.07, 6.45) is 0. The summed E-state index contributed by atoms with van der Waals surface area (Å²) in [6.45, 7) is 6.91. The Kier molecular flexibility index (Phi) is 6.59. The van der Waals surface area contributed by atoms with Gasteiger partial charge in [0.1, 0.15) is 11.6 Å². The van der Waals surface area contributed by atoms with E-state index in [1.54, 1.807) is 52.0 Å². The van der Waals surface area contributed by atoms with Crippen LogP contribution < -0.4 is 0 Å². The van der Waals surface area contributed by atoms with Crippen molar-refractivity contribution < 1.29 is 8.78 Å². The average molecular weight is 573 g/mol. The van der Waals surface area contributed by atoms with Crippen molar-refractivity contribution in [3.8, 4) is 46.5 Å². The lowest BCUT2D eigenvalue weighted by Gasteiger charge is -2.20. The minimum absolute atomic E-state index is 0.211. The number of hydrogen-bond donors (Lipinski definition) is 0. The van der Waals surface area contributed by atoms with E-state index in [0.29, 0.717) is 66.8 Å². The molecular formula is C38H22F2N4. The fraction of sp³-hybridized carbons (Fsp3) is 0.105. The molecule has 2 aliphatic carbocycles. The summed E-state index contributed by atoms with van der Waals surface area (Å²) in [6, 6.07) is 25.3. The zero-order chi connectivity index (χ0) is 31.4. The summed E-state index contributed by atoms with van der Waals surface area (Å²) in [4.78, 5) is 0. The summed E-state index contributed by atoms with van der Waals surface area (Å²) >= 11 is 0. The van der Waals surface area contributed by atoms with Gasteiger partial charge in [0.25, 0.3) is 0 Å². The number of aryl methyl sites for hydroxylation is 2. The van der Waals surface area contributed by atoms with Crippen molar-refractivity contribution in [2.24, 2.45) is 0 Å². The number of hydrogen-bond acceptors (Lipinski definition) is 4. The highest BCUT2D eigenvalue weighted by atomic mass is 19.1. The van der Waals surface area contributed by atoms with Crippen molar-refractivity contribution in [3.63, 3.8) is 0 Å². The van der Waals surface area contributed by atoms with Gasteiger partial charge in [0.2, 0.25) is 0 Å². The highest BCUT2D eigenvalue weighted by Gasteiger charge is 2.41. The Labute approximate surface area is 254 Å². The molecular weight excluding hydrogens is 550 g/mol. The Hall–Kier alpha value is -6.08. The monoisotopic (exact) mass is 572 g/mol. The number of benzene rings is 4. The SMILES string of the molecule is C/C(C#N)=C1C2=C(/C(=C(/C)C#N)c3c2cccc3-c2c(C)cc(C#N)cc2F)c2cccc(-c3c(C)cc(C#N)cc3F)c2/1. The molecule has 0 aliphatic heterocycles. The minimum atomic E-state index is -0.547. The van der Waals surface area contributed by atoms with Gasteiger partial charge in [-0.2, -0.15) is 21.0 Å². The number of allylic oxidation sites excluding steroid dienone is 6. The van der Waals surface area contributed by atoms with Gasteiger partial charge < -0.3 is 0 Å². The summed E-state index contributed by atoms with van der Waals surface area (Å²) in [7, 11) is 0. The van der Waals surface area contributed by atoms with E-state index in [-0.39, 0.29) is 11.1 Å². The second-order valence-corrected chi connectivity index (χ2v) is 11.0. The minimum Gasteiger partial charge on any atom is -0.206 e. The van der Waals surface area contributed by atoms with Crippen LogP contribution in [0, 0.1) is 70.8 Å². The van der Waals surface area contributed by atoms with Gasteiger partial charge in [-0.05, 0) is 108 Å². The van der Waals surface area contributed by atoms with E-state index in [9.17, 15) is 21.0 Å².